The molecule has 5 heteroatoms. The summed E-state index contributed by atoms with van der Waals surface area (Å²) in [5.41, 5.74) is 0.562. The van der Waals surface area contributed by atoms with Gasteiger partial charge in [-0.2, -0.15) is 5.10 Å². The van der Waals surface area contributed by atoms with E-state index in [2.05, 4.69) is 10.2 Å². The predicted octanol–water partition coefficient (Wildman–Crippen LogP) is 2.36. The number of H-pyrrole nitrogens is 1. The first-order valence-electron chi connectivity index (χ1n) is 5.93. The first-order chi connectivity index (χ1) is 8.58. The van der Waals surface area contributed by atoms with Gasteiger partial charge < -0.3 is 9.32 Å². The molecular formula is C13H17N3O2. The van der Waals surface area contributed by atoms with Gasteiger partial charge in [-0.05, 0) is 32.9 Å². The molecule has 0 bridgehead atoms. The second-order valence-corrected chi connectivity index (χ2v) is 4.53. The minimum absolute atomic E-state index is 0.0483. The highest BCUT2D eigenvalue weighted by Crippen LogP contribution is 2.14. The predicted molar refractivity (Wildman–Crippen MR) is 67.0 cm³/mol. The molecule has 0 aliphatic carbocycles. The Hall–Kier alpha value is -2.04. The van der Waals surface area contributed by atoms with Crippen LogP contribution in [0.3, 0.4) is 0 Å². The van der Waals surface area contributed by atoms with E-state index < -0.39 is 0 Å². The highest BCUT2D eigenvalue weighted by atomic mass is 16.3. The molecule has 0 unspecified atom stereocenters. The summed E-state index contributed by atoms with van der Waals surface area (Å²) in [7, 11) is 0. The molecule has 0 aliphatic heterocycles. The molecule has 18 heavy (non-hydrogen) atoms. The summed E-state index contributed by atoms with van der Waals surface area (Å²) in [6.45, 7) is 6.32. The Morgan fingerprint density at radius 2 is 2.28 bits per heavy atom. The molecule has 1 N–H and O–H groups in total. The quantitative estimate of drug-likeness (QED) is 0.902. The van der Waals surface area contributed by atoms with Gasteiger partial charge >= 0.3 is 0 Å². The van der Waals surface area contributed by atoms with E-state index in [0.29, 0.717) is 12.1 Å². The number of nitrogens with one attached hydrogen (secondary N) is 1. The van der Waals surface area contributed by atoms with Crippen molar-refractivity contribution < 1.29 is 9.21 Å². The van der Waals surface area contributed by atoms with Crippen molar-refractivity contribution in [1.82, 2.24) is 15.1 Å². The molecule has 0 aromatic carbocycles. The Labute approximate surface area is 106 Å². The number of aryl methyl sites for hydroxylation is 1. The van der Waals surface area contributed by atoms with E-state index in [0.717, 1.165) is 11.5 Å². The summed E-state index contributed by atoms with van der Waals surface area (Å²) >= 11 is 0. The fourth-order valence-electron chi connectivity index (χ4n) is 1.76. The number of carbonyl (C=O) groups is 1. The van der Waals surface area contributed by atoms with Crippen LogP contribution in [0.5, 0.6) is 0 Å². The summed E-state index contributed by atoms with van der Waals surface area (Å²) in [5.74, 6) is 1.59. The average Bonchev–Trinajstić information content (AvgIpc) is 2.95. The Morgan fingerprint density at radius 3 is 2.78 bits per heavy atom. The fourth-order valence-corrected chi connectivity index (χ4v) is 1.76. The maximum atomic E-state index is 12.3. The van der Waals surface area contributed by atoms with Crippen LogP contribution in [-0.4, -0.2) is 27.0 Å². The van der Waals surface area contributed by atoms with Crippen molar-refractivity contribution in [3.05, 3.63) is 41.6 Å². The number of carbonyl (C=O) groups excluding carboxylic acids is 1. The van der Waals surface area contributed by atoms with E-state index in [4.69, 9.17) is 4.42 Å². The number of aromatic nitrogens is 2. The molecule has 0 saturated heterocycles. The molecule has 1 amide bonds. The smallest absolute Gasteiger partial charge is 0.257 e. The molecule has 96 valence electrons. The topological polar surface area (TPSA) is 62.1 Å². The van der Waals surface area contributed by atoms with Gasteiger partial charge in [-0.15, -0.1) is 0 Å². The Kier molecular flexibility index (Phi) is 3.50. The summed E-state index contributed by atoms with van der Waals surface area (Å²) in [4.78, 5) is 14.0. The third-order valence-corrected chi connectivity index (χ3v) is 2.75. The lowest BCUT2D eigenvalue weighted by atomic mass is 10.2. The number of hydrogen-bond donors (Lipinski definition) is 1. The molecule has 0 aliphatic rings. The third-order valence-electron chi connectivity index (χ3n) is 2.75. The summed E-state index contributed by atoms with van der Waals surface area (Å²) in [6, 6.07) is 3.89. The molecule has 2 heterocycles. The molecule has 2 rings (SSSR count). The normalized spacial score (nSPS) is 10.9. The van der Waals surface area contributed by atoms with Crippen molar-refractivity contribution in [2.24, 2.45) is 0 Å². The fraction of sp³-hybridized carbons (Fsp3) is 0.385. The van der Waals surface area contributed by atoms with Crippen LogP contribution in [0.15, 0.2) is 28.9 Å². The summed E-state index contributed by atoms with van der Waals surface area (Å²) in [5, 5.41) is 6.45. The minimum Gasteiger partial charge on any atom is -0.464 e. The van der Waals surface area contributed by atoms with Gasteiger partial charge in [0.2, 0.25) is 0 Å². The van der Waals surface area contributed by atoms with E-state index in [1.54, 1.807) is 11.1 Å². The van der Waals surface area contributed by atoms with E-state index in [-0.39, 0.29) is 11.9 Å². The summed E-state index contributed by atoms with van der Waals surface area (Å²) in [6.07, 6.45) is 3.14. The molecule has 0 saturated carbocycles. The van der Waals surface area contributed by atoms with Crippen molar-refractivity contribution in [2.75, 3.05) is 0 Å². The number of hydrogen-bond acceptors (Lipinski definition) is 3. The zero-order chi connectivity index (χ0) is 13.1. The molecule has 0 fully saturated rings. The first-order valence-corrected chi connectivity index (χ1v) is 5.93. The maximum Gasteiger partial charge on any atom is 0.257 e. The van der Waals surface area contributed by atoms with E-state index in [1.807, 2.05) is 32.9 Å². The van der Waals surface area contributed by atoms with Gasteiger partial charge in [0, 0.05) is 12.2 Å². The van der Waals surface area contributed by atoms with E-state index in [9.17, 15) is 4.79 Å². The Bertz CT molecular complexity index is 514. The Morgan fingerprint density at radius 1 is 1.50 bits per heavy atom. The van der Waals surface area contributed by atoms with Crippen LogP contribution in [0.25, 0.3) is 0 Å². The van der Waals surface area contributed by atoms with Gasteiger partial charge in [0.05, 0.1) is 18.3 Å². The summed E-state index contributed by atoms with van der Waals surface area (Å²) < 4.78 is 5.51. The molecular weight excluding hydrogens is 230 g/mol. The van der Waals surface area contributed by atoms with Gasteiger partial charge in [-0.3, -0.25) is 9.89 Å². The van der Waals surface area contributed by atoms with Gasteiger partial charge in [0.15, 0.2) is 0 Å². The second kappa shape index (κ2) is 5.08. The zero-order valence-corrected chi connectivity index (χ0v) is 10.8. The van der Waals surface area contributed by atoms with Gasteiger partial charge in [-0.1, -0.05) is 0 Å². The van der Waals surface area contributed by atoms with Crippen LogP contribution in [0, 0.1) is 6.92 Å². The number of nitrogens with zero attached hydrogens (tertiary/aromatic N) is 2. The van der Waals surface area contributed by atoms with Crippen LogP contribution in [0.2, 0.25) is 0 Å². The lowest BCUT2D eigenvalue weighted by Gasteiger charge is -2.25. The first kappa shape index (κ1) is 12.4. The number of rotatable bonds is 4. The van der Waals surface area contributed by atoms with Crippen molar-refractivity contribution >= 4 is 5.91 Å². The number of aromatic amines is 1. The van der Waals surface area contributed by atoms with Gasteiger partial charge in [0.25, 0.3) is 5.91 Å². The molecule has 2 aromatic heterocycles. The van der Waals surface area contributed by atoms with Crippen molar-refractivity contribution in [3.8, 4) is 0 Å². The van der Waals surface area contributed by atoms with Crippen LogP contribution >= 0.6 is 0 Å². The SMILES string of the molecule is Cc1ccc(CN(C(=O)c2cn[nH]c2)C(C)C)o1. The monoisotopic (exact) mass is 247 g/mol. The lowest BCUT2D eigenvalue weighted by Crippen LogP contribution is -2.36. The number of amides is 1. The largest absolute Gasteiger partial charge is 0.464 e. The highest BCUT2D eigenvalue weighted by molar-refractivity contribution is 5.93. The molecule has 0 radical (unpaired) electrons. The van der Waals surface area contributed by atoms with Gasteiger partial charge in [-0.25, -0.2) is 0 Å². The zero-order valence-electron chi connectivity index (χ0n) is 10.8. The molecule has 0 atom stereocenters. The Balaban J connectivity index is 2.16. The highest BCUT2D eigenvalue weighted by Gasteiger charge is 2.20. The lowest BCUT2D eigenvalue weighted by molar-refractivity contribution is 0.0675. The van der Waals surface area contributed by atoms with E-state index in [1.165, 1.54) is 6.20 Å². The van der Waals surface area contributed by atoms with Crippen LogP contribution in [0.4, 0.5) is 0 Å². The third kappa shape index (κ3) is 2.61. The maximum absolute atomic E-state index is 12.3. The minimum atomic E-state index is -0.0483. The van der Waals surface area contributed by atoms with Crippen molar-refractivity contribution in [1.29, 1.82) is 0 Å². The average molecular weight is 247 g/mol. The van der Waals surface area contributed by atoms with Crippen LogP contribution in [-0.2, 0) is 6.54 Å². The number of furan rings is 1. The van der Waals surface area contributed by atoms with Gasteiger partial charge in [0.1, 0.15) is 11.5 Å². The van der Waals surface area contributed by atoms with Crippen molar-refractivity contribution in [2.45, 2.75) is 33.4 Å². The van der Waals surface area contributed by atoms with Crippen LogP contribution < -0.4 is 0 Å². The molecule has 5 nitrogen and oxygen atoms in total. The second-order valence-electron chi connectivity index (χ2n) is 4.53. The molecule has 0 spiro atoms. The van der Waals surface area contributed by atoms with Crippen molar-refractivity contribution in [3.63, 3.8) is 0 Å². The standard InChI is InChI=1S/C13H17N3O2/c1-9(2)16(8-12-5-4-10(3)18-12)13(17)11-6-14-15-7-11/h4-7,9H,8H2,1-3H3,(H,14,15). The van der Waals surface area contributed by atoms with Crippen LogP contribution in [0.1, 0.15) is 35.7 Å². The van der Waals surface area contributed by atoms with E-state index >= 15 is 0 Å². The molecule has 2 aromatic rings.